The summed E-state index contributed by atoms with van der Waals surface area (Å²) in [6, 6.07) is 3.33. The number of rotatable bonds is 5. The van der Waals surface area contributed by atoms with E-state index < -0.39 is 5.97 Å². The van der Waals surface area contributed by atoms with Crippen molar-refractivity contribution < 1.29 is 9.53 Å². The minimum atomic E-state index is -0.426. The highest BCUT2D eigenvalue weighted by Crippen LogP contribution is 2.17. The van der Waals surface area contributed by atoms with E-state index in [2.05, 4.69) is 15.8 Å². The van der Waals surface area contributed by atoms with Crippen LogP contribution < -0.4 is 10.9 Å². The van der Waals surface area contributed by atoms with Crippen LogP contribution in [0.2, 0.25) is 5.15 Å². The fourth-order valence-electron chi connectivity index (χ4n) is 1.12. The molecule has 0 amide bonds. The molecule has 1 rings (SSSR count). The van der Waals surface area contributed by atoms with Crippen LogP contribution in [-0.4, -0.2) is 23.6 Å². The monoisotopic (exact) mass is 257 g/mol. The van der Waals surface area contributed by atoms with E-state index in [0.717, 1.165) is 0 Å². The van der Waals surface area contributed by atoms with E-state index in [1.807, 2.05) is 13.8 Å². The second kappa shape index (κ2) is 6.42. The average molecular weight is 258 g/mol. The highest BCUT2D eigenvalue weighted by molar-refractivity contribution is 6.29. The van der Waals surface area contributed by atoms with Crippen molar-refractivity contribution in [1.82, 2.24) is 10.4 Å². The zero-order valence-corrected chi connectivity index (χ0v) is 10.8. The first-order chi connectivity index (χ1) is 8.04. The topological polar surface area (TPSA) is 63.2 Å². The Balaban J connectivity index is 2.91. The number of carbonyl (C=O) groups is 1. The average Bonchev–Trinajstić information content (AvgIpc) is 2.26. The van der Waals surface area contributed by atoms with E-state index in [4.69, 9.17) is 16.3 Å². The van der Waals surface area contributed by atoms with Crippen molar-refractivity contribution in [1.29, 1.82) is 0 Å². The van der Waals surface area contributed by atoms with Gasteiger partial charge in [-0.3, -0.25) is 0 Å². The third-order valence-electron chi connectivity index (χ3n) is 1.84. The maximum absolute atomic E-state index is 11.6. The molecule has 0 spiro atoms. The minimum Gasteiger partial charge on any atom is -0.462 e. The summed E-state index contributed by atoms with van der Waals surface area (Å²) in [4.78, 5) is 15.7. The van der Waals surface area contributed by atoms with Crippen molar-refractivity contribution in [2.75, 3.05) is 12.0 Å². The Kier molecular flexibility index (Phi) is 5.18. The Labute approximate surface area is 105 Å². The molecule has 1 heterocycles. The first-order valence-electron chi connectivity index (χ1n) is 5.39. The fourth-order valence-corrected chi connectivity index (χ4v) is 1.26. The van der Waals surface area contributed by atoms with Gasteiger partial charge in [-0.25, -0.2) is 15.2 Å². The molecule has 6 heteroatoms. The zero-order valence-electron chi connectivity index (χ0n) is 10.1. The molecule has 0 fully saturated rings. The van der Waals surface area contributed by atoms with Crippen LogP contribution in [0.15, 0.2) is 12.1 Å². The number of esters is 1. The van der Waals surface area contributed by atoms with Crippen molar-refractivity contribution in [3.05, 3.63) is 22.8 Å². The second-order valence-electron chi connectivity index (χ2n) is 3.67. The summed E-state index contributed by atoms with van der Waals surface area (Å²) in [5, 5.41) is 0.311. The molecule has 0 bridgehead atoms. The Hall–Kier alpha value is -1.33. The first kappa shape index (κ1) is 13.7. The zero-order chi connectivity index (χ0) is 12.8. The van der Waals surface area contributed by atoms with Crippen LogP contribution in [0.1, 0.15) is 31.1 Å². The molecule has 0 aliphatic heterocycles. The summed E-state index contributed by atoms with van der Waals surface area (Å²) in [5.41, 5.74) is 6.15. The molecule has 17 heavy (non-hydrogen) atoms. The molecule has 1 aromatic heterocycles. The van der Waals surface area contributed by atoms with Crippen LogP contribution in [0.4, 0.5) is 5.82 Å². The maximum Gasteiger partial charge on any atom is 0.341 e. The lowest BCUT2D eigenvalue weighted by atomic mass is 10.2. The quantitative estimate of drug-likeness (QED) is 0.481. The minimum absolute atomic E-state index is 0.200. The molecule has 0 saturated heterocycles. The third-order valence-corrected chi connectivity index (χ3v) is 2.05. The van der Waals surface area contributed by atoms with Crippen LogP contribution in [0.5, 0.6) is 0 Å². The molecule has 2 N–H and O–H groups in total. The molecule has 0 saturated carbocycles. The second-order valence-corrected chi connectivity index (χ2v) is 4.06. The number of anilines is 1. The van der Waals surface area contributed by atoms with Crippen LogP contribution in [0.25, 0.3) is 0 Å². The van der Waals surface area contributed by atoms with E-state index >= 15 is 0 Å². The van der Waals surface area contributed by atoms with Gasteiger partial charge in [0.25, 0.3) is 0 Å². The fraction of sp³-hybridized carbons (Fsp3) is 0.455. The Morgan fingerprint density at radius 1 is 1.53 bits per heavy atom. The smallest absolute Gasteiger partial charge is 0.341 e. The summed E-state index contributed by atoms with van der Waals surface area (Å²) in [6.45, 7) is 5.99. The third kappa shape index (κ3) is 4.20. The molecule has 5 nitrogen and oxygen atoms in total. The number of hydrogen-bond donors (Lipinski definition) is 2. The van der Waals surface area contributed by atoms with E-state index in [9.17, 15) is 4.79 Å². The Morgan fingerprint density at radius 2 is 2.24 bits per heavy atom. The number of halogens is 1. The van der Waals surface area contributed by atoms with Crippen molar-refractivity contribution in [2.45, 2.75) is 26.8 Å². The number of nitrogens with zero attached hydrogens (tertiary/aromatic N) is 1. The molecule has 0 radical (unpaired) electrons. The van der Waals surface area contributed by atoms with E-state index in [-0.39, 0.29) is 6.04 Å². The standard InChI is InChI=1S/C11H16ClN3O2/c1-4-17-11(16)8-5-6-9(12)13-10(8)15-14-7(2)3/h5-7,14H,4H2,1-3H3,(H,13,15). The van der Waals surface area contributed by atoms with Gasteiger partial charge < -0.3 is 10.2 Å². The van der Waals surface area contributed by atoms with Gasteiger partial charge in [0.05, 0.1) is 6.61 Å². The number of carbonyl (C=O) groups excluding carboxylic acids is 1. The Bertz CT molecular complexity index is 396. The summed E-state index contributed by atoms with van der Waals surface area (Å²) >= 11 is 5.78. The molecule has 0 aromatic carbocycles. The van der Waals surface area contributed by atoms with Gasteiger partial charge in [0.15, 0.2) is 5.82 Å². The number of hydrazine groups is 1. The van der Waals surface area contributed by atoms with Gasteiger partial charge in [0, 0.05) is 6.04 Å². The van der Waals surface area contributed by atoms with Crippen LogP contribution in [-0.2, 0) is 4.74 Å². The van der Waals surface area contributed by atoms with E-state index in [0.29, 0.717) is 23.1 Å². The van der Waals surface area contributed by atoms with Gasteiger partial charge in [-0.05, 0) is 32.9 Å². The molecule has 94 valence electrons. The number of ether oxygens (including phenoxy) is 1. The molecule has 0 atom stereocenters. The number of pyridine rings is 1. The molecular formula is C11H16ClN3O2. The summed E-state index contributed by atoms with van der Waals surface area (Å²) in [7, 11) is 0. The number of hydrogen-bond acceptors (Lipinski definition) is 5. The maximum atomic E-state index is 11.6. The number of aromatic nitrogens is 1. The summed E-state index contributed by atoms with van der Waals surface area (Å²) < 4.78 is 4.93. The van der Waals surface area contributed by atoms with Crippen LogP contribution in [0, 0.1) is 0 Å². The van der Waals surface area contributed by atoms with E-state index in [1.54, 1.807) is 19.1 Å². The molecule has 0 aliphatic carbocycles. The van der Waals surface area contributed by atoms with Gasteiger partial charge >= 0.3 is 5.97 Å². The van der Waals surface area contributed by atoms with Crippen LogP contribution >= 0.6 is 11.6 Å². The van der Waals surface area contributed by atoms with Gasteiger partial charge in [-0.1, -0.05) is 11.6 Å². The normalized spacial score (nSPS) is 10.4. The molecular weight excluding hydrogens is 242 g/mol. The highest BCUT2D eigenvalue weighted by atomic mass is 35.5. The van der Waals surface area contributed by atoms with Crippen LogP contribution in [0.3, 0.4) is 0 Å². The predicted octanol–water partition coefficient (Wildman–Crippen LogP) is 2.24. The molecule has 1 aromatic rings. The van der Waals surface area contributed by atoms with Gasteiger partial charge in [0.1, 0.15) is 10.7 Å². The largest absolute Gasteiger partial charge is 0.462 e. The molecule has 0 aliphatic rings. The van der Waals surface area contributed by atoms with Crippen molar-refractivity contribution >= 4 is 23.4 Å². The van der Waals surface area contributed by atoms with Crippen molar-refractivity contribution in [3.63, 3.8) is 0 Å². The SMILES string of the molecule is CCOC(=O)c1ccc(Cl)nc1NNC(C)C. The van der Waals surface area contributed by atoms with E-state index in [1.165, 1.54) is 0 Å². The van der Waals surface area contributed by atoms with Crippen molar-refractivity contribution in [2.24, 2.45) is 0 Å². The lowest BCUT2D eigenvalue weighted by molar-refractivity contribution is 0.0527. The lowest BCUT2D eigenvalue weighted by Crippen LogP contribution is -2.30. The summed E-state index contributed by atoms with van der Waals surface area (Å²) in [6.07, 6.45) is 0. The Morgan fingerprint density at radius 3 is 2.82 bits per heavy atom. The number of nitrogens with one attached hydrogen (secondary N) is 2. The highest BCUT2D eigenvalue weighted by Gasteiger charge is 2.14. The van der Waals surface area contributed by atoms with Gasteiger partial charge in [0.2, 0.25) is 0 Å². The predicted molar refractivity (Wildman–Crippen MR) is 67.1 cm³/mol. The van der Waals surface area contributed by atoms with Gasteiger partial charge in [-0.15, -0.1) is 0 Å². The van der Waals surface area contributed by atoms with Gasteiger partial charge in [-0.2, -0.15) is 0 Å². The molecule has 0 unspecified atom stereocenters. The van der Waals surface area contributed by atoms with Crippen molar-refractivity contribution in [3.8, 4) is 0 Å². The first-order valence-corrected chi connectivity index (χ1v) is 5.77. The lowest BCUT2D eigenvalue weighted by Gasteiger charge is -2.13. The summed E-state index contributed by atoms with van der Waals surface area (Å²) in [5.74, 6) is -0.0608.